The highest BCUT2D eigenvalue weighted by molar-refractivity contribution is 6.46. The number of hydrogen-bond donors (Lipinski definition) is 2. The molecule has 1 fully saturated rings. The molecule has 2 N–H and O–H groups in total. The maximum absolute atomic E-state index is 8.51. The van der Waals surface area contributed by atoms with Crippen molar-refractivity contribution in [3.05, 3.63) is 0 Å². The van der Waals surface area contributed by atoms with Crippen molar-refractivity contribution in [1.29, 1.82) is 0 Å². The molecule has 0 radical (unpaired) electrons. The van der Waals surface area contributed by atoms with E-state index in [2.05, 4.69) is 0 Å². The van der Waals surface area contributed by atoms with Gasteiger partial charge in [-0.05, 0) is 12.8 Å². The first kappa shape index (κ1) is 5.13. The van der Waals surface area contributed by atoms with Crippen LogP contribution < -0.4 is 0 Å². The maximum atomic E-state index is 8.51. The third kappa shape index (κ3) is 0.788. The van der Waals surface area contributed by atoms with Crippen LogP contribution in [0.1, 0.15) is 19.8 Å². The van der Waals surface area contributed by atoms with E-state index in [1.807, 2.05) is 6.92 Å². The fourth-order valence-corrected chi connectivity index (χ4v) is 0.455. The Kier molecular flexibility index (Phi) is 0.903. The molecular weight excluding hydrogens is 90.9 g/mol. The zero-order valence-electron chi connectivity index (χ0n) is 4.39. The fourth-order valence-electron chi connectivity index (χ4n) is 0.455. The molecule has 1 rings (SSSR count). The summed E-state index contributed by atoms with van der Waals surface area (Å²) < 4.78 is 0. The molecule has 40 valence electrons. The molecule has 0 aromatic carbocycles. The lowest BCUT2D eigenvalue weighted by Crippen LogP contribution is -2.18. The van der Waals surface area contributed by atoms with E-state index in [1.165, 1.54) is 0 Å². The average molecular weight is 99.9 g/mol. The van der Waals surface area contributed by atoms with E-state index < -0.39 is 7.12 Å². The van der Waals surface area contributed by atoms with Gasteiger partial charge < -0.3 is 10.0 Å². The van der Waals surface area contributed by atoms with Crippen LogP contribution in [0.3, 0.4) is 0 Å². The van der Waals surface area contributed by atoms with Crippen molar-refractivity contribution in [3.8, 4) is 0 Å². The maximum Gasteiger partial charge on any atom is 0.457 e. The first-order valence-corrected chi connectivity index (χ1v) is 2.51. The van der Waals surface area contributed by atoms with Crippen LogP contribution >= 0.6 is 0 Å². The van der Waals surface area contributed by atoms with E-state index in [-0.39, 0.29) is 5.31 Å². The van der Waals surface area contributed by atoms with Gasteiger partial charge in [-0.3, -0.25) is 0 Å². The van der Waals surface area contributed by atoms with E-state index in [4.69, 9.17) is 10.0 Å². The van der Waals surface area contributed by atoms with Crippen LogP contribution in [0, 0.1) is 0 Å². The lowest BCUT2D eigenvalue weighted by atomic mass is 9.71. The van der Waals surface area contributed by atoms with Gasteiger partial charge in [-0.15, -0.1) is 0 Å². The molecule has 0 amide bonds. The molecule has 0 aromatic heterocycles. The molecular formula is C4H9BO2. The normalized spacial score (nSPS) is 24.4. The summed E-state index contributed by atoms with van der Waals surface area (Å²) in [5, 5.41) is 16.9. The Morgan fingerprint density at radius 2 is 1.86 bits per heavy atom. The Morgan fingerprint density at radius 1 is 1.43 bits per heavy atom. The molecule has 0 spiro atoms. The Morgan fingerprint density at radius 3 is 1.86 bits per heavy atom. The molecule has 1 aliphatic rings. The summed E-state index contributed by atoms with van der Waals surface area (Å²) in [6.07, 6.45) is 1.93. The molecule has 1 saturated carbocycles. The van der Waals surface area contributed by atoms with E-state index >= 15 is 0 Å². The zero-order valence-corrected chi connectivity index (χ0v) is 4.39. The molecule has 7 heavy (non-hydrogen) atoms. The van der Waals surface area contributed by atoms with Crippen LogP contribution in [0.15, 0.2) is 0 Å². The first-order chi connectivity index (χ1) is 3.15. The highest BCUT2D eigenvalue weighted by Gasteiger charge is 2.47. The lowest BCUT2D eigenvalue weighted by molar-refractivity contribution is 0.384. The quantitative estimate of drug-likeness (QED) is 0.455. The van der Waals surface area contributed by atoms with Crippen molar-refractivity contribution in [2.45, 2.75) is 25.1 Å². The minimum atomic E-state index is -1.09. The second-order valence-corrected chi connectivity index (χ2v) is 2.53. The minimum absolute atomic E-state index is 0.139. The van der Waals surface area contributed by atoms with Gasteiger partial charge in [0.05, 0.1) is 0 Å². The lowest BCUT2D eigenvalue weighted by Gasteiger charge is -2.01. The molecule has 0 bridgehead atoms. The molecule has 0 unspecified atom stereocenters. The summed E-state index contributed by atoms with van der Waals surface area (Å²) in [5.41, 5.74) is 0. The van der Waals surface area contributed by atoms with Gasteiger partial charge in [0.15, 0.2) is 0 Å². The Hall–Kier alpha value is -0.0151. The largest absolute Gasteiger partial charge is 0.457 e. The minimum Gasteiger partial charge on any atom is -0.427 e. The van der Waals surface area contributed by atoms with Gasteiger partial charge in [0.2, 0.25) is 0 Å². The average Bonchev–Trinajstić information content (AvgIpc) is 2.21. The predicted octanol–water partition coefficient (Wildman–Crippen LogP) is 0.0133. The monoisotopic (exact) mass is 100 g/mol. The van der Waals surface area contributed by atoms with Crippen LogP contribution in [0.5, 0.6) is 0 Å². The van der Waals surface area contributed by atoms with Gasteiger partial charge >= 0.3 is 7.12 Å². The summed E-state index contributed by atoms with van der Waals surface area (Å²) in [4.78, 5) is 0. The molecule has 2 nitrogen and oxygen atoms in total. The van der Waals surface area contributed by atoms with Crippen molar-refractivity contribution in [3.63, 3.8) is 0 Å². The Balaban J connectivity index is 2.39. The molecule has 3 heteroatoms. The summed E-state index contributed by atoms with van der Waals surface area (Å²) in [7, 11) is -1.09. The molecule has 0 saturated heterocycles. The second-order valence-electron chi connectivity index (χ2n) is 2.53. The van der Waals surface area contributed by atoms with Crippen LogP contribution in [-0.4, -0.2) is 17.2 Å². The second kappa shape index (κ2) is 1.23. The number of hydrogen-bond acceptors (Lipinski definition) is 2. The van der Waals surface area contributed by atoms with E-state index in [1.54, 1.807) is 0 Å². The van der Waals surface area contributed by atoms with Gasteiger partial charge in [0, 0.05) is 5.31 Å². The van der Waals surface area contributed by atoms with Gasteiger partial charge in [-0.2, -0.15) is 0 Å². The SMILES string of the molecule is CC1(B(O)O)CC1. The molecule has 0 atom stereocenters. The summed E-state index contributed by atoms with van der Waals surface area (Å²) in [6, 6.07) is 0. The van der Waals surface area contributed by atoms with Crippen molar-refractivity contribution >= 4 is 7.12 Å². The van der Waals surface area contributed by atoms with Crippen LogP contribution in [0.2, 0.25) is 5.31 Å². The van der Waals surface area contributed by atoms with Gasteiger partial charge in [0.25, 0.3) is 0 Å². The van der Waals surface area contributed by atoms with Crippen LogP contribution in [0.4, 0.5) is 0 Å². The highest BCUT2D eigenvalue weighted by atomic mass is 16.4. The van der Waals surface area contributed by atoms with Crippen LogP contribution in [-0.2, 0) is 0 Å². The summed E-state index contributed by atoms with van der Waals surface area (Å²) >= 11 is 0. The van der Waals surface area contributed by atoms with E-state index in [0.29, 0.717) is 0 Å². The summed E-state index contributed by atoms with van der Waals surface area (Å²) in [6.45, 7) is 1.87. The van der Waals surface area contributed by atoms with Crippen molar-refractivity contribution in [1.82, 2.24) is 0 Å². The third-order valence-electron chi connectivity index (χ3n) is 1.66. The summed E-state index contributed by atoms with van der Waals surface area (Å²) in [5.74, 6) is 0. The van der Waals surface area contributed by atoms with E-state index in [0.717, 1.165) is 12.8 Å². The van der Waals surface area contributed by atoms with Crippen molar-refractivity contribution in [2.24, 2.45) is 0 Å². The predicted molar refractivity (Wildman–Crippen MR) is 27.8 cm³/mol. The van der Waals surface area contributed by atoms with E-state index in [9.17, 15) is 0 Å². The van der Waals surface area contributed by atoms with Gasteiger partial charge in [-0.1, -0.05) is 6.92 Å². The molecule has 0 heterocycles. The molecule has 0 aromatic rings. The molecule has 1 aliphatic carbocycles. The topological polar surface area (TPSA) is 40.5 Å². The fraction of sp³-hybridized carbons (Fsp3) is 1.00. The standard InChI is InChI=1S/C4H9BO2/c1-4(2-3-4)5(6)7/h6-7H,2-3H2,1H3. The van der Waals surface area contributed by atoms with Gasteiger partial charge in [0.1, 0.15) is 0 Å². The Labute approximate surface area is 43.3 Å². The smallest absolute Gasteiger partial charge is 0.427 e. The van der Waals surface area contributed by atoms with Gasteiger partial charge in [-0.25, -0.2) is 0 Å². The number of rotatable bonds is 1. The zero-order chi connectivity index (χ0) is 5.49. The van der Waals surface area contributed by atoms with Crippen molar-refractivity contribution in [2.75, 3.05) is 0 Å². The highest BCUT2D eigenvalue weighted by Crippen LogP contribution is 2.53. The first-order valence-electron chi connectivity index (χ1n) is 2.51. The Bertz CT molecular complexity index is 77.8. The molecule has 0 aliphatic heterocycles. The third-order valence-corrected chi connectivity index (χ3v) is 1.66. The van der Waals surface area contributed by atoms with Crippen molar-refractivity contribution < 1.29 is 10.0 Å². The van der Waals surface area contributed by atoms with Crippen LogP contribution in [0.25, 0.3) is 0 Å².